The highest BCUT2D eigenvalue weighted by Gasteiger charge is 2.37. The molecule has 0 saturated heterocycles. The number of carbonyl (C=O) groups excluding carboxylic acids is 1. The summed E-state index contributed by atoms with van der Waals surface area (Å²) in [5.74, 6) is -1.02. The van der Waals surface area contributed by atoms with Crippen LogP contribution in [-0.4, -0.2) is 30.1 Å². The Morgan fingerprint density at radius 1 is 1.67 bits per heavy atom. The second-order valence-corrected chi connectivity index (χ2v) is 4.77. The van der Waals surface area contributed by atoms with Crippen molar-refractivity contribution in [1.82, 2.24) is 10.3 Å². The minimum atomic E-state index is -0.588. The third-order valence-corrected chi connectivity index (χ3v) is 3.62. The third kappa shape index (κ3) is 2.62. The van der Waals surface area contributed by atoms with Crippen LogP contribution in [-0.2, 0) is 4.74 Å². The Balaban J connectivity index is 2.01. The average molecular weight is 273 g/mol. The van der Waals surface area contributed by atoms with Crippen LogP contribution in [0.5, 0.6) is 0 Å². The summed E-state index contributed by atoms with van der Waals surface area (Å²) in [6.07, 6.45) is 3.89. The fourth-order valence-electron chi connectivity index (χ4n) is 1.94. The summed E-state index contributed by atoms with van der Waals surface area (Å²) in [6.45, 7) is 0.398. The maximum absolute atomic E-state index is 13.0. The van der Waals surface area contributed by atoms with Gasteiger partial charge in [-0.15, -0.1) is 0 Å². The van der Waals surface area contributed by atoms with E-state index in [0.717, 1.165) is 31.5 Å². The average Bonchev–Trinajstić information content (AvgIpc) is 2.31. The first kappa shape index (κ1) is 13.2. The number of hydrogen-bond acceptors (Lipinski definition) is 3. The number of rotatable bonds is 4. The molecule has 0 bridgehead atoms. The first-order valence-corrected chi connectivity index (χ1v) is 6.08. The molecule has 1 N–H and O–H groups in total. The van der Waals surface area contributed by atoms with Crippen LogP contribution in [0.1, 0.15) is 29.6 Å². The minimum absolute atomic E-state index is 0.00558. The van der Waals surface area contributed by atoms with Gasteiger partial charge >= 0.3 is 0 Å². The largest absolute Gasteiger partial charge is 0.376 e. The molecule has 1 fully saturated rings. The van der Waals surface area contributed by atoms with Gasteiger partial charge in [-0.25, -0.2) is 9.37 Å². The molecule has 1 aromatic heterocycles. The van der Waals surface area contributed by atoms with Crippen molar-refractivity contribution in [3.63, 3.8) is 0 Å². The number of amides is 1. The number of aromatic nitrogens is 1. The highest BCUT2D eigenvalue weighted by Crippen LogP contribution is 2.34. The fourth-order valence-corrected chi connectivity index (χ4v) is 2.13. The molecule has 0 aromatic carbocycles. The molecule has 1 saturated carbocycles. The van der Waals surface area contributed by atoms with Crippen LogP contribution in [0.2, 0.25) is 5.15 Å². The van der Waals surface area contributed by atoms with Gasteiger partial charge in [0.05, 0.1) is 17.4 Å². The lowest BCUT2D eigenvalue weighted by Crippen LogP contribution is -2.49. The van der Waals surface area contributed by atoms with E-state index in [1.54, 1.807) is 7.11 Å². The topological polar surface area (TPSA) is 51.2 Å². The van der Waals surface area contributed by atoms with E-state index in [1.165, 1.54) is 0 Å². The molecular formula is C12H14ClFN2O2. The van der Waals surface area contributed by atoms with Gasteiger partial charge in [-0.05, 0) is 25.3 Å². The van der Waals surface area contributed by atoms with Crippen LogP contribution < -0.4 is 5.32 Å². The van der Waals surface area contributed by atoms with Gasteiger partial charge in [-0.1, -0.05) is 11.6 Å². The predicted molar refractivity (Wildman–Crippen MR) is 65.1 cm³/mol. The Bertz CT molecular complexity index is 458. The zero-order valence-electron chi connectivity index (χ0n) is 10.0. The Morgan fingerprint density at radius 3 is 2.94 bits per heavy atom. The molecular weight excluding hydrogens is 259 g/mol. The molecule has 0 radical (unpaired) electrons. The summed E-state index contributed by atoms with van der Waals surface area (Å²) in [5, 5.41) is 2.70. The van der Waals surface area contributed by atoms with Crippen LogP contribution in [0.3, 0.4) is 0 Å². The SMILES string of the molecule is COC1(CNC(=O)c2cc(F)cnc2Cl)CCC1. The quantitative estimate of drug-likeness (QED) is 0.855. The summed E-state index contributed by atoms with van der Waals surface area (Å²) < 4.78 is 18.4. The number of carbonyl (C=O) groups is 1. The van der Waals surface area contributed by atoms with Gasteiger partial charge in [-0.3, -0.25) is 4.79 Å². The molecule has 1 amide bonds. The number of nitrogens with zero attached hydrogens (tertiary/aromatic N) is 1. The van der Waals surface area contributed by atoms with E-state index in [-0.39, 0.29) is 16.3 Å². The summed E-state index contributed by atoms with van der Waals surface area (Å²) in [6, 6.07) is 1.07. The molecule has 98 valence electrons. The van der Waals surface area contributed by atoms with E-state index in [9.17, 15) is 9.18 Å². The van der Waals surface area contributed by atoms with Crippen molar-refractivity contribution in [3.05, 3.63) is 28.8 Å². The zero-order chi connectivity index (χ0) is 13.2. The molecule has 1 aliphatic carbocycles. The van der Waals surface area contributed by atoms with Crippen molar-refractivity contribution in [3.8, 4) is 0 Å². The lowest BCUT2D eigenvalue weighted by molar-refractivity contribution is -0.0679. The van der Waals surface area contributed by atoms with Gasteiger partial charge < -0.3 is 10.1 Å². The standard InChI is InChI=1S/C12H14ClFN2O2/c1-18-12(3-2-4-12)7-16-11(17)9-5-8(14)6-15-10(9)13/h5-6H,2-4,7H2,1H3,(H,16,17). The van der Waals surface area contributed by atoms with E-state index >= 15 is 0 Å². The third-order valence-electron chi connectivity index (χ3n) is 3.32. The molecule has 6 heteroatoms. The lowest BCUT2D eigenvalue weighted by atomic mass is 9.80. The Morgan fingerprint density at radius 2 is 2.39 bits per heavy atom. The number of nitrogens with one attached hydrogen (secondary N) is 1. The van der Waals surface area contributed by atoms with Gasteiger partial charge in [0.1, 0.15) is 11.0 Å². The van der Waals surface area contributed by atoms with Gasteiger partial charge in [-0.2, -0.15) is 0 Å². The number of hydrogen-bond donors (Lipinski definition) is 1. The van der Waals surface area contributed by atoms with Crippen molar-refractivity contribution < 1.29 is 13.9 Å². The van der Waals surface area contributed by atoms with Gasteiger partial charge in [0.2, 0.25) is 0 Å². The van der Waals surface area contributed by atoms with Crippen LogP contribution in [0.15, 0.2) is 12.3 Å². The lowest BCUT2D eigenvalue weighted by Gasteiger charge is -2.40. The fraction of sp³-hybridized carbons (Fsp3) is 0.500. The van der Waals surface area contributed by atoms with Gasteiger partial charge in [0, 0.05) is 13.7 Å². The predicted octanol–water partition coefficient (Wildman–Crippen LogP) is 2.17. The number of halogens is 2. The van der Waals surface area contributed by atoms with Gasteiger partial charge in [0.15, 0.2) is 0 Å². The molecule has 0 unspecified atom stereocenters. The second kappa shape index (κ2) is 5.20. The molecule has 1 aliphatic rings. The first-order valence-electron chi connectivity index (χ1n) is 5.71. The molecule has 0 atom stereocenters. The smallest absolute Gasteiger partial charge is 0.254 e. The van der Waals surface area contributed by atoms with Crippen LogP contribution >= 0.6 is 11.6 Å². The Kier molecular flexibility index (Phi) is 3.82. The van der Waals surface area contributed by atoms with Crippen LogP contribution in [0.25, 0.3) is 0 Å². The van der Waals surface area contributed by atoms with Gasteiger partial charge in [0.25, 0.3) is 5.91 Å². The van der Waals surface area contributed by atoms with Crippen molar-refractivity contribution in [2.75, 3.05) is 13.7 Å². The molecule has 1 heterocycles. The van der Waals surface area contributed by atoms with Crippen molar-refractivity contribution in [2.45, 2.75) is 24.9 Å². The maximum atomic E-state index is 13.0. The highest BCUT2D eigenvalue weighted by molar-refractivity contribution is 6.32. The van der Waals surface area contributed by atoms with E-state index in [4.69, 9.17) is 16.3 Å². The summed E-state index contributed by atoms with van der Waals surface area (Å²) >= 11 is 5.75. The number of methoxy groups -OCH3 is 1. The molecule has 4 nitrogen and oxygen atoms in total. The van der Waals surface area contributed by atoms with E-state index in [2.05, 4.69) is 10.3 Å². The minimum Gasteiger partial charge on any atom is -0.376 e. The van der Waals surface area contributed by atoms with Crippen molar-refractivity contribution >= 4 is 17.5 Å². The van der Waals surface area contributed by atoms with Crippen molar-refractivity contribution in [1.29, 1.82) is 0 Å². The summed E-state index contributed by atoms with van der Waals surface area (Å²) in [7, 11) is 1.63. The van der Waals surface area contributed by atoms with E-state index in [1.807, 2.05) is 0 Å². The Labute approximate surface area is 109 Å². The first-order chi connectivity index (χ1) is 8.56. The molecule has 1 aromatic rings. The van der Waals surface area contributed by atoms with E-state index in [0.29, 0.717) is 6.54 Å². The second-order valence-electron chi connectivity index (χ2n) is 4.42. The Hall–Kier alpha value is -1.20. The molecule has 2 rings (SSSR count). The molecule has 0 aliphatic heterocycles. The molecule has 18 heavy (non-hydrogen) atoms. The van der Waals surface area contributed by atoms with Crippen LogP contribution in [0, 0.1) is 5.82 Å². The number of ether oxygens (including phenoxy) is 1. The van der Waals surface area contributed by atoms with E-state index < -0.39 is 11.7 Å². The summed E-state index contributed by atoms with van der Waals surface area (Å²) in [4.78, 5) is 15.5. The van der Waals surface area contributed by atoms with Crippen molar-refractivity contribution in [2.24, 2.45) is 0 Å². The highest BCUT2D eigenvalue weighted by atomic mass is 35.5. The maximum Gasteiger partial charge on any atom is 0.254 e. The summed E-state index contributed by atoms with van der Waals surface area (Å²) in [5.41, 5.74) is -0.231. The monoisotopic (exact) mass is 272 g/mol. The normalized spacial score (nSPS) is 17.1. The van der Waals surface area contributed by atoms with Crippen LogP contribution in [0.4, 0.5) is 4.39 Å². The zero-order valence-corrected chi connectivity index (χ0v) is 10.8. The molecule has 0 spiro atoms. The number of pyridine rings is 1.